The number of carbonyl (C=O) groups is 2. The minimum absolute atomic E-state index is 0.0451. The Labute approximate surface area is 123 Å². The molecule has 0 spiro atoms. The third-order valence-electron chi connectivity index (χ3n) is 4.67. The average Bonchev–Trinajstić information content (AvgIpc) is 2.69. The second-order valence-electron chi connectivity index (χ2n) is 6.05. The van der Waals surface area contributed by atoms with Gasteiger partial charge in [-0.05, 0) is 42.9 Å². The normalized spacial score (nSPS) is 27.5. The van der Waals surface area contributed by atoms with Crippen LogP contribution in [0.2, 0.25) is 0 Å². The van der Waals surface area contributed by atoms with Gasteiger partial charge in [0.15, 0.2) is 0 Å². The van der Waals surface area contributed by atoms with Crippen molar-refractivity contribution < 1.29 is 14.0 Å². The van der Waals surface area contributed by atoms with Crippen LogP contribution in [0.25, 0.3) is 0 Å². The van der Waals surface area contributed by atoms with Crippen LogP contribution in [0.15, 0.2) is 24.3 Å². The van der Waals surface area contributed by atoms with E-state index < -0.39 is 0 Å². The van der Waals surface area contributed by atoms with Crippen molar-refractivity contribution in [3.8, 4) is 0 Å². The summed E-state index contributed by atoms with van der Waals surface area (Å²) in [5, 5.41) is 2.81. The molecule has 3 atom stereocenters. The van der Waals surface area contributed by atoms with Gasteiger partial charge in [-0.15, -0.1) is 0 Å². The van der Waals surface area contributed by atoms with E-state index in [1.807, 2.05) is 4.90 Å². The van der Waals surface area contributed by atoms with Crippen LogP contribution in [0.1, 0.15) is 19.8 Å². The predicted octanol–water partition coefficient (Wildman–Crippen LogP) is 2.27. The fraction of sp³-hybridized carbons (Fsp3) is 0.500. The zero-order valence-corrected chi connectivity index (χ0v) is 12.0. The zero-order chi connectivity index (χ0) is 15.0. The number of fused-ring (bicyclic) bond motifs is 2. The molecule has 3 rings (SSSR count). The van der Waals surface area contributed by atoms with E-state index in [4.69, 9.17) is 0 Å². The molecule has 2 aliphatic rings. The highest BCUT2D eigenvalue weighted by Gasteiger charge is 2.46. The van der Waals surface area contributed by atoms with Crippen molar-refractivity contribution in [2.75, 3.05) is 18.4 Å². The molecular formula is C16H19FN2O2. The van der Waals surface area contributed by atoms with Gasteiger partial charge in [0.25, 0.3) is 0 Å². The van der Waals surface area contributed by atoms with E-state index in [1.165, 1.54) is 12.1 Å². The van der Waals surface area contributed by atoms with Crippen molar-refractivity contribution in [3.05, 3.63) is 30.1 Å². The number of piperidine rings is 1. The van der Waals surface area contributed by atoms with E-state index in [0.29, 0.717) is 18.8 Å². The topological polar surface area (TPSA) is 49.4 Å². The molecule has 1 saturated heterocycles. The molecule has 4 nitrogen and oxygen atoms in total. The van der Waals surface area contributed by atoms with Crippen LogP contribution < -0.4 is 5.32 Å². The molecule has 0 radical (unpaired) electrons. The molecule has 21 heavy (non-hydrogen) atoms. The van der Waals surface area contributed by atoms with E-state index in [9.17, 15) is 14.0 Å². The summed E-state index contributed by atoms with van der Waals surface area (Å²) in [7, 11) is 0. The van der Waals surface area contributed by atoms with Crippen molar-refractivity contribution in [2.24, 2.45) is 17.8 Å². The second-order valence-corrected chi connectivity index (χ2v) is 6.05. The predicted molar refractivity (Wildman–Crippen MR) is 77.0 cm³/mol. The Morgan fingerprint density at radius 3 is 2.48 bits per heavy atom. The molecule has 1 aliphatic heterocycles. The van der Waals surface area contributed by atoms with E-state index in [2.05, 4.69) is 5.32 Å². The summed E-state index contributed by atoms with van der Waals surface area (Å²) in [6.45, 7) is 2.90. The maximum absolute atomic E-state index is 13.2. The number of benzene rings is 1. The summed E-state index contributed by atoms with van der Waals surface area (Å²) < 4.78 is 13.2. The Morgan fingerprint density at radius 1 is 1.24 bits per heavy atom. The second kappa shape index (κ2) is 5.47. The summed E-state index contributed by atoms with van der Waals surface area (Å²) in [5.74, 6) is 0.0562. The number of hydrogen-bond donors (Lipinski definition) is 1. The number of halogens is 1. The van der Waals surface area contributed by atoms with E-state index in [0.717, 1.165) is 12.8 Å². The SMILES string of the molecule is CC(=O)N1C[C@H]2CC[C@@H](C1)C2C(=O)Nc1cccc(F)c1. The lowest BCUT2D eigenvalue weighted by Crippen LogP contribution is -2.47. The number of nitrogens with one attached hydrogen (secondary N) is 1. The minimum Gasteiger partial charge on any atom is -0.342 e. The highest BCUT2D eigenvalue weighted by atomic mass is 19.1. The highest BCUT2D eigenvalue weighted by Crippen LogP contribution is 2.42. The maximum atomic E-state index is 13.2. The zero-order valence-electron chi connectivity index (χ0n) is 12.0. The number of anilines is 1. The highest BCUT2D eigenvalue weighted by molar-refractivity contribution is 5.93. The fourth-order valence-corrected chi connectivity index (χ4v) is 3.70. The largest absolute Gasteiger partial charge is 0.342 e. The first-order valence-electron chi connectivity index (χ1n) is 7.36. The lowest BCUT2D eigenvalue weighted by Gasteiger charge is -2.36. The smallest absolute Gasteiger partial charge is 0.228 e. The third-order valence-corrected chi connectivity index (χ3v) is 4.67. The van der Waals surface area contributed by atoms with Crippen LogP contribution in [-0.2, 0) is 9.59 Å². The first kappa shape index (κ1) is 14.0. The Morgan fingerprint density at radius 2 is 1.90 bits per heavy atom. The fourth-order valence-electron chi connectivity index (χ4n) is 3.70. The first-order valence-corrected chi connectivity index (χ1v) is 7.36. The summed E-state index contributed by atoms with van der Waals surface area (Å²) in [5.41, 5.74) is 0.494. The van der Waals surface area contributed by atoms with Crippen molar-refractivity contribution in [1.29, 1.82) is 0 Å². The van der Waals surface area contributed by atoms with Crippen LogP contribution in [-0.4, -0.2) is 29.8 Å². The van der Waals surface area contributed by atoms with Crippen molar-refractivity contribution >= 4 is 17.5 Å². The molecule has 1 aromatic carbocycles. The van der Waals surface area contributed by atoms with Gasteiger partial charge in [0, 0.05) is 31.6 Å². The molecule has 1 saturated carbocycles. The molecule has 2 bridgehead atoms. The molecule has 1 heterocycles. The molecular weight excluding hydrogens is 271 g/mol. The summed E-state index contributed by atoms with van der Waals surface area (Å²) in [4.78, 5) is 25.8. The summed E-state index contributed by atoms with van der Waals surface area (Å²) in [6, 6.07) is 5.95. The molecule has 112 valence electrons. The van der Waals surface area contributed by atoms with Gasteiger partial charge in [-0.25, -0.2) is 4.39 Å². The molecule has 1 aromatic rings. The Hall–Kier alpha value is -1.91. The lowest BCUT2D eigenvalue weighted by molar-refractivity contribution is -0.135. The van der Waals surface area contributed by atoms with E-state index in [1.54, 1.807) is 19.1 Å². The molecule has 1 unspecified atom stereocenters. The molecule has 1 aliphatic carbocycles. The quantitative estimate of drug-likeness (QED) is 0.908. The Kier molecular flexibility index (Phi) is 3.66. The number of hydrogen-bond acceptors (Lipinski definition) is 2. The average molecular weight is 290 g/mol. The van der Waals surface area contributed by atoms with Gasteiger partial charge in [-0.2, -0.15) is 0 Å². The molecule has 2 amide bonds. The summed E-state index contributed by atoms with van der Waals surface area (Å²) >= 11 is 0. The first-order chi connectivity index (χ1) is 10.0. The maximum Gasteiger partial charge on any atom is 0.228 e. The number of likely N-dealkylation sites (tertiary alicyclic amines) is 1. The van der Waals surface area contributed by atoms with Gasteiger partial charge in [-0.3, -0.25) is 9.59 Å². The van der Waals surface area contributed by atoms with Gasteiger partial charge in [0.1, 0.15) is 5.82 Å². The van der Waals surface area contributed by atoms with Gasteiger partial charge < -0.3 is 10.2 Å². The minimum atomic E-state index is -0.359. The van der Waals surface area contributed by atoms with Gasteiger partial charge in [0.2, 0.25) is 11.8 Å². The molecule has 0 aromatic heterocycles. The van der Waals surface area contributed by atoms with Gasteiger partial charge in [-0.1, -0.05) is 6.07 Å². The molecule has 5 heteroatoms. The van der Waals surface area contributed by atoms with Crippen molar-refractivity contribution in [1.82, 2.24) is 4.90 Å². The monoisotopic (exact) mass is 290 g/mol. The molecule has 2 fully saturated rings. The number of carbonyl (C=O) groups excluding carboxylic acids is 2. The van der Waals surface area contributed by atoms with Crippen LogP contribution in [0.3, 0.4) is 0 Å². The van der Waals surface area contributed by atoms with Crippen LogP contribution in [0, 0.1) is 23.6 Å². The number of rotatable bonds is 2. The van der Waals surface area contributed by atoms with Crippen molar-refractivity contribution in [3.63, 3.8) is 0 Å². The van der Waals surface area contributed by atoms with Crippen molar-refractivity contribution in [2.45, 2.75) is 19.8 Å². The van der Waals surface area contributed by atoms with Crippen LogP contribution in [0.5, 0.6) is 0 Å². The van der Waals surface area contributed by atoms with Crippen LogP contribution in [0.4, 0.5) is 10.1 Å². The third kappa shape index (κ3) is 2.77. The summed E-state index contributed by atoms with van der Waals surface area (Å²) in [6.07, 6.45) is 1.96. The Bertz CT molecular complexity index is 561. The van der Waals surface area contributed by atoms with Crippen LogP contribution >= 0.6 is 0 Å². The number of amides is 2. The number of nitrogens with zero attached hydrogens (tertiary/aromatic N) is 1. The lowest BCUT2D eigenvalue weighted by atomic mass is 9.84. The van der Waals surface area contributed by atoms with Gasteiger partial charge in [0.05, 0.1) is 0 Å². The van der Waals surface area contributed by atoms with E-state index >= 15 is 0 Å². The van der Waals surface area contributed by atoms with E-state index in [-0.39, 0.29) is 35.4 Å². The standard InChI is InChI=1S/C16H19FN2O2/c1-10(20)19-8-11-5-6-12(9-19)15(11)16(21)18-14-4-2-3-13(17)7-14/h2-4,7,11-12,15H,5-6,8-9H2,1H3,(H,18,21)/t11-,12+,15?. The van der Waals surface area contributed by atoms with Gasteiger partial charge >= 0.3 is 0 Å². The molecule has 1 N–H and O–H groups in total. The Balaban J connectivity index is 1.70.